The van der Waals surface area contributed by atoms with Gasteiger partial charge >= 0.3 is 0 Å². The van der Waals surface area contributed by atoms with Crippen LogP contribution in [0.1, 0.15) is 42.5 Å². The van der Waals surface area contributed by atoms with E-state index in [9.17, 15) is 4.79 Å². The second-order valence-corrected chi connectivity index (χ2v) is 5.43. The number of nitrogens with zero attached hydrogens (tertiary/aromatic N) is 1. The van der Waals surface area contributed by atoms with Crippen molar-refractivity contribution in [1.82, 2.24) is 10.3 Å². The van der Waals surface area contributed by atoms with Crippen LogP contribution < -0.4 is 11.1 Å². The molecule has 0 spiro atoms. The van der Waals surface area contributed by atoms with E-state index in [0.717, 1.165) is 6.42 Å². The second kappa shape index (κ2) is 4.69. The summed E-state index contributed by atoms with van der Waals surface area (Å²) in [6.07, 6.45) is 9.21. The molecule has 0 aromatic carbocycles. The van der Waals surface area contributed by atoms with Gasteiger partial charge in [0.15, 0.2) is 5.78 Å². The molecule has 2 fully saturated rings. The Hall–Kier alpha value is -1.42. The number of carbonyl (C=O) groups is 1. The molecule has 1 aromatic rings. The Bertz CT molecular complexity index is 446. The van der Waals surface area contributed by atoms with Gasteiger partial charge in [-0.3, -0.25) is 9.78 Å². The molecule has 0 bridgehead atoms. The normalized spacial score (nSPS) is 31.0. The molecule has 18 heavy (non-hydrogen) atoms. The molecular formula is C14H19N3O. The lowest BCUT2D eigenvalue weighted by molar-refractivity contribution is 0.0949. The Balaban J connectivity index is 1.76. The van der Waals surface area contributed by atoms with Crippen LogP contribution in [0.3, 0.4) is 0 Å². The van der Waals surface area contributed by atoms with Gasteiger partial charge in [0.1, 0.15) is 0 Å². The average Bonchev–Trinajstić information content (AvgIpc) is 2.82. The summed E-state index contributed by atoms with van der Waals surface area (Å²) in [5.74, 6) is 0.778. The van der Waals surface area contributed by atoms with E-state index in [2.05, 4.69) is 10.3 Å². The van der Waals surface area contributed by atoms with Gasteiger partial charge in [0.2, 0.25) is 0 Å². The fourth-order valence-corrected chi connectivity index (χ4v) is 3.32. The van der Waals surface area contributed by atoms with Crippen molar-refractivity contribution in [2.24, 2.45) is 5.92 Å². The molecule has 3 N–H and O–H groups in total. The lowest BCUT2D eigenvalue weighted by Crippen LogP contribution is -2.37. The summed E-state index contributed by atoms with van der Waals surface area (Å²) in [7, 11) is 0. The third kappa shape index (κ3) is 2.01. The molecule has 1 saturated carbocycles. The summed E-state index contributed by atoms with van der Waals surface area (Å²) in [6.45, 7) is 0. The van der Waals surface area contributed by atoms with Crippen LogP contribution in [0.25, 0.3) is 0 Å². The quantitative estimate of drug-likeness (QED) is 0.779. The molecule has 96 valence electrons. The van der Waals surface area contributed by atoms with Crippen molar-refractivity contribution in [1.29, 1.82) is 0 Å². The number of ketones is 1. The van der Waals surface area contributed by atoms with E-state index in [1.165, 1.54) is 25.7 Å². The Morgan fingerprint density at radius 1 is 1.39 bits per heavy atom. The van der Waals surface area contributed by atoms with Crippen molar-refractivity contribution >= 4 is 11.5 Å². The van der Waals surface area contributed by atoms with E-state index >= 15 is 0 Å². The Labute approximate surface area is 107 Å². The van der Waals surface area contributed by atoms with Crippen molar-refractivity contribution in [3.8, 4) is 0 Å². The first-order chi connectivity index (χ1) is 8.75. The molecule has 1 saturated heterocycles. The van der Waals surface area contributed by atoms with Crippen LogP contribution in [-0.2, 0) is 0 Å². The van der Waals surface area contributed by atoms with Gasteiger partial charge in [-0.05, 0) is 31.2 Å². The Morgan fingerprint density at radius 2 is 2.22 bits per heavy atom. The molecule has 0 amide bonds. The van der Waals surface area contributed by atoms with E-state index in [0.29, 0.717) is 23.2 Å². The number of hydrogen-bond donors (Lipinski definition) is 2. The first-order valence-electron chi connectivity index (χ1n) is 6.75. The van der Waals surface area contributed by atoms with Gasteiger partial charge < -0.3 is 11.1 Å². The standard InChI is InChI=1S/C14H19N3O/c15-11-5-6-16-8-10(11)14(18)13-7-9-3-1-2-4-12(9)17-13/h5-6,8-9,12-13,17H,1-4,7H2,(H2,15,16). The number of anilines is 1. The predicted octanol–water partition coefficient (Wildman–Crippen LogP) is 1.77. The minimum Gasteiger partial charge on any atom is -0.398 e. The van der Waals surface area contributed by atoms with Crippen molar-refractivity contribution < 1.29 is 4.79 Å². The summed E-state index contributed by atoms with van der Waals surface area (Å²) < 4.78 is 0. The highest BCUT2D eigenvalue weighted by molar-refractivity contribution is 6.04. The molecule has 2 heterocycles. The summed E-state index contributed by atoms with van der Waals surface area (Å²) >= 11 is 0. The van der Waals surface area contributed by atoms with Crippen LogP contribution in [0.15, 0.2) is 18.5 Å². The lowest BCUT2D eigenvalue weighted by atomic mass is 9.84. The summed E-state index contributed by atoms with van der Waals surface area (Å²) in [6, 6.07) is 2.16. The highest BCUT2D eigenvalue weighted by atomic mass is 16.1. The van der Waals surface area contributed by atoms with E-state index in [-0.39, 0.29) is 11.8 Å². The first-order valence-corrected chi connectivity index (χ1v) is 6.75. The third-order valence-electron chi connectivity index (χ3n) is 4.30. The van der Waals surface area contributed by atoms with Crippen LogP contribution >= 0.6 is 0 Å². The van der Waals surface area contributed by atoms with Crippen LogP contribution in [0.4, 0.5) is 5.69 Å². The van der Waals surface area contributed by atoms with Crippen LogP contribution in [0, 0.1) is 5.92 Å². The monoisotopic (exact) mass is 245 g/mol. The number of nitrogens with two attached hydrogens (primary N) is 1. The third-order valence-corrected chi connectivity index (χ3v) is 4.30. The Kier molecular flexibility index (Phi) is 3.04. The van der Waals surface area contributed by atoms with Crippen molar-refractivity contribution in [2.45, 2.75) is 44.2 Å². The number of fused-ring (bicyclic) bond motifs is 1. The molecule has 2 aliphatic rings. The van der Waals surface area contributed by atoms with E-state index in [4.69, 9.17) is 5.73 Å². The zero-order valence-corrected chi connectivity index (χ0v) is 10.4. The molecule has 1 aliphatic carbocycles. The Morgan fingerprint density at radius 3 is 3.00 bits per heavy atom. The van der Waals surface area contributed by atoms with E-state index in [1.807, 2.05) is 0 Å². The number of hydrogen-bond acceptors (Lipinski definition) is 4. The highest BCUT2D eigenvalue weighted by Crippen LogP contribution is 2.34. The van der Waals surface area contributed by atoms with Gasteiger partial charge in [0.05, 0.1) is 11.6 Å². The molecule has 3 rings (SSSR count). The van der Waals surface area contributed by atoms with Gasteiger partial charge in [0.25, 0.3) is 0 Å². The average molecular weight is 245 g/mol. The molecular weight excluding hydrogens is 226 g/mol. The lowest BCUT2D eigenvalue weighted by Gasteiger charge is -2.24. The maximum absolute atomic E-state index is 12.4. The number of aromatic nitrogens is 1. The number of rotatable bonds is 2. The van der Waals surface area contributed by atoms with Crippen molar-refractivity contribution in [3.05, 3.63) is 24.0 Å². The van der Waals surface area contributed by atoms with Crippen LogP contribution in [-0.4, -0.2) is 22.9 Å². The number of carbonyl (C=O) groups excluding carboxylic acids is 1. The zero-order valence-electron chi connectivity index (χ0n) is 10.4. The fraction of sp³-hybridized carbons (Fsp3) is 0.571. The largest absolute Gasteiger partial charge is 0.398 e. The van der Waals surface area contributed by atoms with Crippen molar-refractivity contribution in [2.75, 3.05) is 5.73 Å². The number of nitrogens with one attached hydrogen (secondary N) is 1. The summed E-state index contributed by atoms with van der Waals surface area (Å²) in [5, 5.41) is 3.49. The first kappa shape index (κ1) is 11.7. The van der Waals surface area contributed by atoms with E-state index in [1.54, 1.807) is 18.5 Å². The molecule has 1 aromatic heterocycles. The topological polar surface area (TPSA) is 68.0 Å². The molecule has 4 heteroatoms. The minimum absolute atomic E-state index is 0.0652. The maximum atomic E-state index is 12.4. The van der Waals surface area contributed by atoms with Crippen molar-refractivity contribution in [3.63, 3.8) is 0 Å². The molecule has 1 aliphatic heterocycles. The molecule has 3 atom stereocenters. The van der Waals surface area contributed by atoms with Crippen LogP contribution in [0.2, 0.25) is 0 Å². The van der Waals surface area contributed by atoms with Gasteiger partial charge in [0, 0.05) is 24.1 Å². The predicted molar refractivity (Wildman–Crippen MR) is 70.3 cm³/mol. The molecule has 0 radical (unpaired) electrons. The fourth-order valence-electron chi connectivity index (χ4n) is 3.32. The SMILES string of the molecule is Nc1ccncc1C(=O)C1CC2CCCCC2N1. The smallest absolute Gasteiger partial charge is 0.183 e. The minimum atomic E-state index is -0.0652. The second-order valence-electron chi connectivity index (χ2n) is 5.43. The molecule has 4 nitrogen and oxygen atoms in total. The van der Waals surface area contributed by atoms with Gasteiger partial charge in [-0.1, -0.05) is 12.8 Å². The number of nitrogen functional groups attached to an aromatic ring is 1. The highest BCUT2D eigenvalue weighted by Gasteiger charge is 2.38. The number of Topliss-reactive ketones (excluding diaryl/α,β-unsaturated/α-hetero) is 1. The summed E-state index contributed by atoms with van der Waals surface area (Å²) in [5.41, 5.74) is 6.94. The summed E-state index contributed by atoms with van der Waals surface area (Å²) in [4.78, 5) is 16.4. The van der Waals surface area contributed by atoms with Gasteiger partial charge in [-0.25, -0.2) is 0 Å². The van der Waals surface area contributed by atoms with Crippen LogP contribution in [0.5, 0.6) is 0 Å². The number of pyridine rings is 1. The van der Waals surface area contributed by atoms with Gasteiger partial charge in [-0.15, -0.1) is 0 Å². The van der Waals surface area contributed by atoms with Gasteiger partial charge in [-0.2, -0.15) is 0 Å². The zero-order chi connectivity index (χ0) is 12.5. The van der Waals surface area contributed by atoms with E-state index < -0.39 is 0 Å². The maximum Gasteiger partial charge on any atom is 0.183 e. The molecule has 3 unspecified atom stereocenters.